The Morgan fingerprint density at radius 3 is 2.28 bits per heavy atom. The van der Waals surface area contributed by atoms with Crippen LogP contribution in [0.2, 0.25) is 0 Å². The molecular weight excluding hydrogens is 245 g/mol. The van der Waals surface area contributed by atoms with Gasteiger partial charge < -0.3 is 10.2 Å². The van der Waals surface area contributed by atoms with E-state index in [2.05, 4.69) is 15.3 Å². The second-order valence-electron chi connectivity index (χ2n) is 4.40. The van der Waals surface area contributed by atoms with Crippen LogP contribution in [0.4, 0.5) is 19.1 Å². The number of anilines is 1. The fraction of sp³-hybridized carbons (Fsp3) is 0.636. The summed E-state index contributed by atoms with van der Waals surface area (Å²) in [7, 11) is 1.31. The van der Waals surface area contributed by atoms with Gasteiger partial charge in [-0.1, -0.05) is 13.8 Å². The molecule has 1 N–H and O–H groups in total. The van der Waals surface area contributed by atoms with Crippen LogP contribution in [-0.2, 0) is 6.54 Å². The summed E-state index contributed by atoms with van der Waals surface area (Å²) in [6.07, 6.45) is -1.19. The summed E-state index contributed by atoms with van der Waals surface area (Å²) in [4.78, 5) is 8.80. The molecule has 0 aromatic carbocycles. The third-order valence-corrected chi connectivity index (χ3v) is 2.16. The molecule has 0 unspecified atom stereocenters. The highest BCUT2D eigenvalue weighted by molar-refractivity contribution is 5.28. The van der Waals surface area contributed by atoms with Gasteiger partial charge in [0, 0.05) is 37.6 Å². The Morgan fingerprint density at radius 1 is 1.28 bits per heavy atom. The van der Waals surface area contributed by atoms with E-state index >= 15 is 0 Å². The van der Waals surface area contributed by atoms with E-state index in [1.807, 2.05) is 13.8 Å². The first-order valence-electron chi connectivity index (χ1n) is 5.60. The van der Waals surface area contributed by atoms with Crippen LogP contribution in [0.25, 0.3) is 0 Å². The SMILES string of the molecule is CC(C)NCc1cnc(N(C)CC(F)(F)F)nc1. The molecule has 1 aromatic rings. The Morgan fingerprint density at radius 2 is 1.83 bits per heavy atom. The largest absolute Gasteiger partial charge is 0.406 e. The zero-order valence-corrected chi connectivity index (χ0v) is 10.6. The Bertz CT molecular complexity index is 362. The highest BCUT2D eigenvalue weighted by atomic mass is 19.4. The molecule has 1 aromatic heterocycles. The summed E-state index contributed by atoms with van der Waals surface area (Å²) < 4.78 is 36.5. The Hall–Kier alpha value is -1.37. The number of nitrogens with zero attached hydrogens (tertiary/aromatic N) is 3. The van der Waals surface area contributed by atoms with E-state index < -0.39 is 12.7 Å². The molecule has 0 saturated heterocycles. The molecule has 0 amide bonds. The van der Waals surface area contributed by atoms with Gasteiger partial charge in [0.05, 0.1) is 0 Å². The zero-order valence-electron chi connectivity index (χ0n) is 10.6. The van der Waals surface area contributed by atoms with E-state index in [0.717, 1.165) is 10.5 Å². The van der Waals surface area contributed by atoms with Gasteiger partial charge in [0.25, 0.3) is 0 Å². The van der Waals surface area contributed by atoms with Gasteiger partial charge in [-0.15, -0.1) is 0 Å². The summed E-state index contributed by atoms with van der Waals surface area (Å²) in [5.74, 6) is 0.0700. The van der Waals surface area contributed by atoms with Gasteiger partial charge in [-0.05, 0) is 0 Å². The molecule has 0 aliphatic carbocycles. The van der Waals surface area contributed by atoms with Crippen molar-refractivity contribution in [2.45, 2.75) is 32.6 Å². The Labute approximate surface area is 104 Å². The molecule has 1 heterocycles. The fourth-order valence-electron chi connectivity index (χ4n) is 1.30. The minimum atomic E-state index is -4.25. The van der Waals surface area contributed by atoms with Crippen molar-refractivity contribution in [3.8, 4) is 0 Å². The van der Waals surface area contributed by atoms with Crippen molar-refractivity contribution < 1.29 is 13.2 Å². The topological polar surface area (TPSA) is 41.1 Å². The molecule has 0 radical (unpaired) electrons. The predicted octanol–water partition coefficient (Wildman–Crippen LogP) is 1.97. The molecule has 0 aliphatic rings. The Kier molecular flexibility index (Phi) is 4.89. The van der Waals surface area contributed by atoms with Crippen LogP contribution >= 0.6 is 0 Å². The van der Waals surface area contributed by atoms with Crippen LogP contribution < -0.4 is 10.2 Å². The van der Waals surface area contributed by atoms with E-state index in [-0.39, 0.29) is 5.95 Å². The van der Waals surface area contributed by atoms with Gasteiger partial charge in [0.2, 0.25) is 5.95 Å². The second kappa shape index (κ2) is 5.99. The maximum Gasteiger partial charge on any atom is 0.406 e. The van der Waals surface area contributed by atoms with Gasteiger partial charge in [-0.2, -0.15) is 13.2 Å². The lowest BCUT2D eigenvalue weighted by Crippen LogP contribution is -2.32. The van der Waals surface area contributed by atoms with Gasteiger partial charge in [-0.3, -0.25) is 0 Å². The fourth-order valence-corrected chi connectivity index (χ4v) is 1.30. The number of alkyl halides is 3. The lowest BCUT2D eigenvalue weighted by Gasteiger charge is -2.18. The number of halogens is 3. The molecule has 102 valence electrons. The zero-order chi connectivity index (χ0) is 13.8. The third kappa shape index (κ3) is 5.31. The first-order valence-corrected chi connectivity index (χ1v) is 5.60. The second-order valence-corrected chi connectivity index (χ2v) is 4.40. The minimum Gasteiger partial charge on any atom is -0.335 e. The number of hydrogen-bond donors (Lipinski definition) is 1. The van der Waals surface area contributed by atoms with Crippen molar-refractivity contribution in [1.29, 1.82) is 0 Å². The quantitative estimate of drug-likeness (QED) is 0.881. The van der Waals surface area contributed by atoms with Crippen LogP contribution in [0.15, 0.2) is 12.4 Å². The van der Waals surface area contributed by atoms with Gasteiger partial charge in [-0.25, -0.2) is 9.97 Å². The van der Waals surface area contributed by atoms with Crippen LogP contribution in [0, 0.1) is 0 Å². The minimum absolute atomic E-state index is 0.0700. The van der Waals surface area contributed by atoms with Crippen LogP contribution in [0.1, 0.15) is 19.4 Å². The average Bonchev–Trinajstić information content (AvgIpc) is 2.24. The van der Waals surface area contributed by atoms with E-state index in [0.29, 0.717) is 12.6 Å². The molecule has 4 nitrogen and oxygen atoms in total. The number of rotatable bonds is 5. The molecule has 0 aliphatic heterocycles. The summed E-state index contributed by atoms with van der Waals surface area (Å²) in [6, 6.07) is 0.331. The van der Waals surface area contributed by atoms with Crippen molar-refractivity contribution >= 4 is 5.95 Å². The summed E-state index contributed by atoms with van der Waals surface area (Å²) in [6.45, 7) is 3.55. The molecule has 0 saturated carbocycles. The Balaban J connectivity index is 2.59. The molecule has 1 rings (SSSR count). The molecule has 0 fully saturated rings. The summed E-state index contributed by atoms with van der Waals surface area (Å²) >= 11 is 0. The van der Waals surface area contributed by atoms with Gasteiger partial charge in [0.1, 0.15) is 6.54 Å². The standard InChI is InChI=1S/C11H17F3N4/c1-8(2)15-4-9-5-16-10(17-6-9)18(3)7-11(12,13)14/h5-6,8,15H,4,7H2,1-3H3. The number of hydrogen-bond acceptors (Lipinski definition) is 4. The van der Waals surface area contributed by atoms with Crippen LogP contribution in [0.5, 0.6) is 0 Å². The van der Waals surface area contributed by atoms with Crippen LogP contribution in [-0.4, -0.2) is 35.8 Å². The third-order valence-electron chi connectivity index (χ3n) is 2.16. The van der Waals surface area contributed by atoms with Crippen molar-refractivity contribution in [2.75, 3.05) is 18.5 Å². The lowest BCUT2D eigenvalue weighted by molar-refractivity contribution is -0.119. The highest BCUT2D eigenvalue weighted by Crippen LogP contribution is 2.17. The normalized spacial score (nSPS) is 11.9. The first kappa shape index (κ1) is 14.7. The lowest BCUT2D eigenvalue weighted by atomic mass is 10.3. The van der Waals surface area contributed by atoms with Crippen molar-refractivity contribution in [1.82, 2.24) is 15.3 Å². The predicted molar refractivity (Wildman–Crippen MR) is 63.3 cm³/mol. The van der Waals surface area contributed by atoms with E-state index in [9.17, 15) is 13.2 Å². The van der Waals surface area contributed by atoms with Crippen molar-refractivity contribution in [3.63, 3.8) is 0 Å². The van der Waals surface area contributed by atoms with E-state index in [1.165, 1.54) is 19.4 Å². The maximum atomic E-state index is 12.2. The number of nitrogens with one attached hydrogen (secondary N) is 1. The average molecular weight is 262 g/mol. The molecule has 7 heteroatoms. The highest BCUT2D eigenvalue weighted by Gasteiger charge is 2.30. The van der Waals surface area contributed by atoms with E-state index in [4.69, 9.17) is 0 Å². The smallest absolute Gasteiger partial charge is 0.335 e. The van der Waals surface area contributed by atoms with Crippen LogP contribution in [0.3, 0.4) is 0 Å². The number of aromatic nitrogens is 2. The molecule has 18 heavy (non-hydrogen) atoms. The van der Waals surface area contributed by atoms with Gasteiger partial charge in [0.15, 0.2) is 0 Å². The molecule has 0 spiro atoms. The first-order chi connectivity index (χ1) is 8.28. The molecule has 0 bridgehead atoms. The molecular formula is C11H17F3N4. The van der Waals surface area contributed by atoms with Gasteiger partial charge >= 0.3 is 6.18 Å². The van der Waals surface area contributed by atoms with E-state index in [1.54, 1.807) is 0 Å². The summed E-state index contributed by atoms with van der Waals surface area (Å²) in [5, 5.41) is 3.18. The molecule has 0 atom stereocenters. The summed E-state index contributed by atoms with van der Waals surface area (Å²) in [5.41, 5.74) is 0.841. The maximum absolute atomic E-state index is 12.2. The van der Waals surface area contributed by atoms with Crippen molar-refractivity contribution in [3.05, 3.63) is 18.0 Å². The van der Waals surface area contributed by atoms with Crippen molar-refractivity contribution in [2.24, 2.45) is 0 Å². The monoisotopic (exact) mass is 262 g/mol.